The molecule has 2 aromatic carbocycles. The molecule has 31 heavy (non-hydrogen) atoms. The van der Waals surface area contributed by atoms with Gasteiger partial charge in [0.2, 0.25) is 0 Å². The Morgan fingerprint density at radius 2 is 1.71 bits per heavy atom. The standard InChI is InChI=1S/C22H20F3N3O3/c1-26-8-13-5-12(26)9-27(13)20-7-19-14(6-17(20)25)21(29)15(22(30)31)10-28(19)18-3-2-11(23)4-16(18)24/h2-4,6-7,12-13,15H,5,8-10H2,1H3,(H,30,31). The zero-order valence-electron chi connectivity index (χ0n) is 16.7. The van der Waals surface area contributed by atoms with Crippen LogP contribution in [0.3, 0.4) is 0 Å². The number of anilines is 3. The molecular formula is C22H20F3N3O3. The van der Waals surface area contributed by atoms with Gasteiger partial charge in [0, 0.05) is 43.3 Å². The maximum Gasteiger partial charge on any atom is 0.316 e. The van der Waals surface area contributed by atoms with Gasteiger partial charge in [0.15, 0.2) is 5.78 Å². The lowest BCUT2D eigenvalue weighted by molar-refractivity contribution is -0.139. The van der Waals surface area contributed by atoms with Gasteiger partial charge in [-0.2, -0.15) is 0 Å². The van der Waals surface area contributed by atoms with Gasteiger partial charge in [0.05, 0.1) is 17.1 Å². The second kappa shape index (κ2) is 6.98. The van der Waals surface area contributed by atoms with Crippen molar-refractivity contribution in [2.45, 2.75) is 18.5 Å². The number of likely N-dealkylation sites (tertiary alicyclic amines) is 1. The highest BCUT2D eigenvalue weighted by Gasteiger charge is 2.44. The summed E-state index contributed by atoms with van der Waals surface area (Å²) in [6, 6.07) is 5.92. The van der Waals surface area contributed by atoms with Gasteiger partial charge in [-0.05, 0) is 37.7 Å². The molecule has 1 N–H and O–H groups in total. The molecule has 3 unspecified atom stereocenters. The van der Waals surface area contributed by atoms with Gasteiger partial charge >= 0.3 is 5.97 Å². The quantitative estimate of drug-likeness (QED) is 0.754. The highest BCUT2D eigenvalue weighted by molar-refractivity contribution is 6.14. The smallest absolute Gasteiger partial charge is 0.316 e. The number of carboxylic acid groups (broad SMARTS) is 1. The van der Waals surface area contributed by atoms with Crippen molar-refractivity contribution in [2.75, 3.05) is 36.5 Å². The molecule has 0 aromatic heterocycles. The summed E-state index contributed by atoms with van der Waals surface area (Å²) in [7, 11) is 2.02. The van der Waals surface area contributed by atoms with Gasteiger partial charge in [-0.15, -0.1) is 0 Å². The molecule has 2 bridgehead atoms. The molecule has 9 heteroatoms. The Morgan fingerprint density at radius 1 is 0.968 bits per heavy atom. The molecule has 2 aromatic rings. The number of aliphatic carboxylic acids is 1. The number of carboxylic acids is 1. The van der Waals surface area contributed by atoms with Crippen LogP contribution in [-0.2, 0) is 4.79 Å². The van der Waals surface area contributed by atoms with E-state index in [0.717, 1.165) is 25.1 Å². The predicted octanol–water partition coefficient (Wildman–Crippen LogP) is 3.03. The second-order valence-corrected chi connectivity index (χ2v) is 8.42. The number of hydrogen-bond donors (Lipinski definition) is 1. The van der Waals surface area contributed by atoms with Crippen LogP contribution >= 0.6 is 0 Å². The molecule has 2 fully saturated rings. The van der Waals surface area contributed by atoms with Crippen LogP contribution in [0.4, 0.5) is 30.2 Å². The molecule has 3 aliphatic heterocycles. The van der Waals surface area contributed by atoms with E-state index in [1.54, 1.807) is 0 Å². The van der Waals surface area contributed by atoms with E-state index in [2.05, 4.69) is 4.90 Å². The van der Waals surface area contributed by atoms with Crippen molar-refractivity contribution in [2.24, 2.45) is 5.92 Å². The third kappa shape index (κ3) is 3.06. The largest absolute Gasteiger partial charge is 0.481 e. The number of carbonyl (C=O) groups excluding carboxylic acids is 1. The fourth-order valence-electron chi connectivity index (χ4n) is 5.02. The lowest BCUT2D eigenvalue weighted by Gasteiger charge is -2.37. The van der Waals surface area contributed by atoms with Crippen LogP contribution in [0.15, 0.2) is 30.3 Å². The number of carbonyl (C=O) groups is 2. The number of Topliss-reactive ketones (excluding diaryl/α,β-unsaturated/α-hetero) is 1. The van der Waals surface area contributed by atoms with E-state index < -0.39 is 35.1 Å². The van der Waals surface area contributed by atoms with Crippen molar-refractivity contribution in [1.29, 1.82) is 0 Å². The fraction of sp³-hybridized carbons (Fsp3) is 0.364. The summed E-state index contributed by atoms with van der Waals surface area (Å²) in [6.07, 6.45) is 0.906. The fourth-order valence-corrected chi connectivity index (χ4v) is 5.02. The van der Waals surface area contributed by atoms with E-state index in [9.17, 15) is 23.5 Å². The molecule has 0 aliphatic carbocycles. The monoisotopic (exact) mass is 431 g/mol. The van der Waals surface area contributed by atoms with Crippen molar-refractivity contribution >= 4 is 28.8 Å². The van der Waals surface area contributed by atoms with E-state index in [0.29, 0.717) is 24.3 Å². The van der Waals surface area contributed by atoms with Gasteiger partial charge in [0.1, 0.15) is 23.4 Å². The average molecular weight is 431 g/mol. The van der Waals surface area contributed by atoms with Crippen molar-refractivity contribution in [3.05, 3.63) is 53.3 Å². The Kier molecular flexibility index (Phi) is 4.47. The number of halogens is 3. The third-order valence-corrected chi connectivity index (χ3v) is 6.63. The molecule has 0 radical (unpaired) electrons. The van der Waals surface area contributed by atoms with E-state index in [1.807, 2.05) is 11.9 Å². The Hall–Kier alpha value is -3.07. The third-order valence-electron chi connectivity index (χ3n) is 6.63. The molecule has 162 valence electrons. The molecule has 2 saturated heterocycles. The number of nitrogens with zero attached hydrogens (tertiary/aromatic N) is 3. The number of ketones is 1. The van der Waals surface area contributed by atoms with Crippen LogP contribution in [0.2, 0.25) is 0 Å². The van der Waals surface area contributed by atoms with Gasteiger partial charge in [-0.1, -0.05) is 0 Å². The summed E-state index contributed by atoms with van der Waals surface area (Å²) >= 11 is 0. The average Bonchev–Trinajstić information content (AvgIpc) is 3.28. The Labute approximate surface area is 176 Å². The summed E-state index contributed by atoms with van der Waals surface area (Å²) in [6.45, 7) is 1.09. The van der Waals surface area contributed by atoms with Crippen molar-refractivity contribution < 1.29 is 27.9 Å². The van der Waals surface area contributed by atoms with Crippen LogP contribution in [0.25, 0.3) is 0 Å². The molecule has 0 spiro atoms. The SMILES string of the molecule is CN1CC2CC1CN2c1cc2c(cc1F)C(=O)C(C(=O)O)CN2c1ccc(F)cc1F. The van der Waals surface area contributed by atoms with Gasteiger partial charge < -0.3 is 14.9 Å². The first-order valence-corrected chi connectivity index (χ1v) is 10.0. The second-order valence-electron chi connectivity index (χ2n) is 8.42. The van der Waals surface area contributed by atoms with Crippen LogP contribution < -0.4 is 9.80 Å². The van der Waals surface area contributed by atoms with E-state index in [-0.39, 0.29) is 29.5 Å². The van der Waals surface area contributed by atoms with E-state index >= 15 is 4.39 Å². The minimum absolute atomic E-state index is 0.0679. The lowest BCUT2D eigenvalue weighted by Crippen LogP contribution is -2.45. The number of fused-ring (bicyclic) bond motifs is 3. The molecule has 3 heterocycles. The molecule has 3 aliphatic rings. The maximum absolute atomic E-state index is 15.1. The molecule has 3 atom stereocenters. The number of rotatable bonds is 3. The highest BCUT2D eigenvalue weighted by Crippen LogP contribution is 2.42. The molecule has 0 amide bonds. The first-order chi connectivity index (χ1) is 14.7. The molecule has 0 saturated carbocycles. The van der Waals surface area contributed by atoms with E-state index in [1.165, 1.54) is 17.0 Å². The van der Waals surface area contributed by atoms with Gasteiger partial charge in [-0.3, -0.25) is 14.5 Å². The summed E-state index contributed by atoms with van der Waals surface area (Å²) in [5, 5.41) is 9.50. The van der Waals surface area contributed by atoms with Gasteiger partial charge in [0.25, 0.3) is 0 Å². The Bertz CT molecular complexity index is 1110. The molecule has 6 nitrogen and oxygen atoms in total. The zero-order valence-corrected chi connectivity index (χ0v) is 16.7. The lowest BCUT2D eigenvalue weighted by atomic mass is 9.90. The zero-order chi connectivity index (χ0) is 22.0. The number of hydrogen-bond acceptors (Lipinski definition) is 5. The Balaban J connectivity index is 1.64. The van der Waals surface area contributed by atoms with Crippen LogP contribution in [0, 0.1) is 23.4 Å². The van der Waals surface area contributed by atoms with Gasteiger partial charge in [-0.25, -0.2) is 13.2 Å². The molecule has 5 rings (SSSR count). The summed E-state index contributed by atoms with van der Waals surface area (Å²) < 4.78 is 43.2. The number of likely N-dealkylation sites (N-methyl/N-ethyl adjacent to an activating group) is 1. The first-order valence-electron chi connectivity index (χ1n) is 10.0. The number of benzene rings is 2. The minimum atomic E-state index is -1.49. The maximum atomic E-state index is 15.1. The first kappa shape index (κ1) is 19.9. The molecular weight excluding hydrogens is 411 g/mol. The van der Waals surface area contributed by atoms with Crippen molar-refractivity contribution in [3.8, 4) is 0 Å². The van der Waals surface area contributed by atoms with E-state index in [4.69, 9.17) is 0 Å². The normalized spacial score (nSPS) is 25.3. The van der Waals surface area contributed by atoms with Crippen molar-refractivity contribution in [3.63, 3.8) is 0 Å². The van der Waals surface area contributed by atoms with Crippen LogP contribution in [-0.4, -0.2) is 60.5 Å². The van der Waals surface area contributed by atoms with Crippen LogP contribution in [0.5, 0.6) is 0 Å². The Morgan fingerprint density at radius 3 is 2.32 bits per heavy atom. The topological polar surface area (TPSA) is 64.1 Å². The summed E-state index contributed by atoms with van der Waals surface area (Å²) in [5.41, 5.74) is 0.334. The van der Waals surface area contributed by atoms with Crippen LogP contribution in [0.1, 0.15) is 16.8 Å². The number of piperazine rings is 1. The minimum Gasteiger partial charge on any atom is -0.481 e. The van der Waals surface area contributed by atoms with Crippen molar-refractivity contribution in [1.82, 2.24) is 4.90 Å². The summed E-state index contributed by atoms with van der Waals surface area (Å²) in [4.78, 5) is 29.9. The summed E-state index contributed by atoms with van der Waals surface area (Å²) in [5.74, 6) is -5.88. The highest BCUT2D eigenvalue weighted by atomic mass is 19.1. The predicted molar refractivity (Wildman–Crippen MR) is 107 cm³/mol.